The molecule has 0 saturated carbocycles. The summed E-state index contributed by atoms with van der Waals surface area (Å²) in [6, 6.07) is 2.96. The van der Waals surface area contributed by atoms with E-state index in [4.69, 9.17) is 15.4 Å². The van der Waals surface area contributed by atoms with E-state index in [1.54, 1.807) is 0 Å². The van der Waals surface area contributed by atoms with Crippen molar-refractivity contribution in [2.45, 2.75) is 30.2 Å². The minimum Gasteiger partial charge on any atom is -0.381 e. The number of hydrogen-bond donors (Lipinski definition) is 1. The van der Waals surface area contributed by atoms with Crippen LogP contribution < -0.4 is 5.32 Å². The molecule has 1 amide bonds. The molecule has 8 heteroatoms. The van der Waals surface area contributed by atoms with E-state index in [0.717, 1.165) is 18.2 Å². The molecule has 1 fully saturated rings. The van der Waals surface area contributed by atoms with Gasteiger partial charge in [0, 0.05) is 29.4 Å². The van der Waals surface area contributed by atoms with Crippen LogP contribution in [0.4, 0.5) is 4.39 Å². The lowest BCUT2D eigenvalue weighted by Gasteiger charge is -2.34. The van der Waals surface area contributed by atoms with E-state index in [0.29, 0.717) is 26.1 Å². The smallest absolute Gasteiger partial charge is 0.261 e. The Bertz CT molecular complexity index is 656. The van der Waals surface area contributed by atoms with Gasteiger partial charge in [-0.2, -0.15) is 0 Å². The lowest BCUT2D eigenvalue weighted by atomic mass is 9.92. The van der Waals surface area contributed by atoms with Crippen molar-refractivity contribution in [2.75, 3.05) is 13.2 Å². The van der Waals surface area contributed by atoms with Crippen molar-refractivity contribution in [2.24, 2.45) is 0 Å². The predicted octanol–water partition coefficient (Wildman–Crippen LogP) is 2.05. The molecule has 1 saturated heterocycles. The third-order valence-electron chi connectivity index (χ3n) is 3.48. The Labute approximate surface area is 126 Å². The van der Waals surface area contributed by atoms with Gasteiger partial charge in [-0.1, -0.05) is 0 Å². The maximum Gasteiger partial charge on any atom is 0.261 e. The van der Waals surface area contributed by atoms with Gasteiger partial charge in [0.1, 0.15) is 5.82 Å². The summed E-state index contributed by atoms with van der Waals surface area (Å²) in [4.78, 5) is 11.7. The molecule has 116 valence electrons. The van der Waals surface area contributed by atoms with Crippen molar-refractivity contribution < 1.29 is 22.3 Å². The largest absolute Gasteiger partial charge is 0.381 e. The number of carbonyl (C=O) groups is 1. The van der Waals surface area contributed by atoms with Gasteiger partial charge in [0.15, 0.2) is 0 Å². The third kappa shape index (κ3) is 3.93. The molecular formula is C13H15ClFNO4S. The van der Waals surface area contributed by atoms with Gasteiger partial charge in [0.05, 0.1) is 10.5 Å². The van der Waals surface area contributed by atoms with E-state index in [1.807, 2.05) is 6.92 Å². The number of nitrogens with one attached hydrogen (secondary N) is 1. The molecule has 1 aromatic carbocycles. The lowest BCUT2D eigenvalue weighted by Crippen LogP contribution is -2.49. The third-order valence-corrected chi connectivity index (χ3v) is 4.83. The maximum absolute atomic E-state index is 13.9. The zero-order valence-corrected chi connectivity index (χ0v) is 12.9. The molecule has 0 aromatic heterocycles. The quantitative estimate of drug-likeness (QED) is 0.858. The minimum absolute atomic E-state index is 0.216. The van der Waals surface area contributed by atoms with Gasteiger partial charge >= 0.3 is 0 Å². The van der Waals surface area contributed by atoms with Crippen LogP contribution in [0.15, 0.2) is 23.1 Å². The fourth-order valence-corrected chi connectivity index (χ4v) is 2.88. The summed E-state index contributed by atoms with van der Waals surface area (Å²) in [5.41, 5.74) is -0.675. The summed E-state index contributed by atoms with van der Waals surface area (Å²) >= 11 is 0. The number of rotatable bonds is 3. The normalized spacial score (nSPS) is 18.2. The van der Waals surface area contributed by atoms with E-state index in [-0.39, 0.29) is 10.5 Å². The first-order valence-electron chi connectivity index (χ1n) is 6.36. The molecule has 5 nitrogen and oxygen atoms in total. The maximum atomic E-state index is 13.9. The molecule has 0 atom stereocenters. The summed E-state index contributed by atoms with van der Waals surface area (Å²) in [6.07, 6.45) is 1.27. The topological polar surface area (TPSA) is 72.5 Å². The molecule has 1 aliphatic rings. The Hall–Kier alpha value is -1.18. The number of amides is 1. The Morgan fingerprint density at radius 1 is 1.38 bits per heavy atom. The molecule has 21 heavy (non-hydrogen) atoms. The van der Waals surface area contributed by atoms with Crippen LogP contribution in [-0.2, 0) is 13.8 Å². The first kappa shape index (κ1) is 16.2. The molecule has 0 unspecified atom stereocenters. The van der Waals surface area contributed by atoms with Gasteiger partial charge in [-0.3, -0.25) is 4.79 Å². The van der Waals surface area contributed by atoms with Crippen molar-refractivity contribution in [3.05, 3.63) is 29.6 Å². The highest BCUT2D eigenvalue weighted by molar-refractivity contribution is 8.13. The van der Waals surface area contributed by atoms with E-state index in [9.17, 15) is 17.6 Å². The van der Waals surface area contributed by atoms with Crippen LogP contribution in [0, 0.1) is 5.82 Å². The second-order valence-electron chi connectivity index (χ2n) is 5.21. The molecule has 0 aliphatic carbocycles. The van der Waals surface area contributed by atoms with Crippen LogP contribution >= 0.6 is 10.7 Å². The molecule has 2 rings (SSSR count). The van der Waals surface area contributed by atoms with Gasteiger partial charge in [0.25, 0.3) is 15.0 Å². The summed E-state index contributed by atoms with van der Waals surface area (Å²) in [6.45, 7) is 2.92. The van der Waals surface area contributed by atoms with Crippen LogP contribution in [0.5, 0.6) is 0 Å². The van der Waals surface area contributed by atoms with Crippen LogP contribution in [-0.4, -0.2) is 33.1 Å². The van der Waals surface area contributed by atoms with Crippen molar-refractivity contribution in [1.82, 2.24) is 5.32 Å². The zero-order valence-electron chi connectivity index (χ0n) is 11.4. The summed E-state index contributed by atoms with van der Waals surface area (Å²) < 4.78 is 41.4. The Kier molecular flexibility index (Phi) is 4.55. The monoisotopic (exact) mass is 335 g/mol. The van der Waals surface area contributed by atoms with E-state index < -0.39 is 26.3 Å². The number of carbonyl (C=O) groups excluding carboxylic acids is 1. The predicted molar refractivity (Wildman–Crippen MR) is 75.4 cm³/mol. The van der Waals surface area contributed by atoms with E-state index in [2.05, 4.69) is 5.32 Å². The molecular weight excluding hydrogens is 321 g/mol. The highest BCUT2D eigenvalue weighted by atomic mass is 35.7. The fraction of sp³-hybridized carbons (Fsp3) is 0.462. The number of halogens is 2. The molecule has 1 aromatic rings. The number of hydrogen-bond acceptors (Lipinski definition) is 4. The van der Waals surface area contributed by atoms with Crippen LogP contribution in [0.2, 0.25) is 0 Å². The highest BCUT2D eigenvalue weighted by Gasteiger charge is 2.30. The van der Waals surface area contributed by atoms with Gasteiger partial charge in [-0.05, 0) is 38.0 Å². The molecule has 0 radical (unpaired) electrons. The molecule has 1 N–H and O–H groups in total. The number of ether oxygens (including phenoxy) is 1. The van der Waals surface area contributed by atoms with Crippen molar-refractivity contribution in [3.63, 3.8) is 0 Å². The minimum atomic E-state index is -4.02. The zero-order chi connectivity index (χ0) is 15.7. The SMILES string of the molecule is CC1(NC(=O)c2ccc(S(=O)(=O)Cl)cc2F)CCOCC1. The van der Waals surface area contributed by atoms with Gasteiger partial charge in [-0.15, -0.1) is 0 Å². The van der Waals surface area contributed by atoms with Crippen molar-refractivity contribution in [3.8, 4) is 0 Å². The molecule has 0 bridgehead atoms. The van der Waals surface area contributed by atoms with Gasteiger partial charge in [-0.25, -0.2) is 12.8 Å². The summed E-state index contributed by atoms with van der Waals surface area (Å²) in [7, 11) is 1.11. The molecule has 1 aliphatic heterocycles. The average molecular weight is 336 g/mol. The molecule has 0 spiro atoms. The summed E-state index contributed by atoms with van der Waals surface area (Å²) in [5.74, 6) is -1.51. The molecule has 1 heterocycles. The van der Waals surface area contributed by atoms with Crippen molar-refractivity contribution >= 4 is 25.6 Å². The summed E-state index contributed by atoms with van der Waals surface area (Å²) in [5, 5.41) is 2.77. The second-order valence-corrected chi connectivity index (χ2v) is 7.77. The van der Waals surface area contributed by atoms with Crippen LogP contribution in [0.1, 0.15) is 30.1 Å². The van der Waals surface area contributed by atoms with Gasteiger partial charge < -0.3 is 10.1 Å². The Morgan fingerprint density at radius 3 is 2.52 bits per heavy atom. The second kappa shape index (κ2) is 5.90. The highest BCUT2D eigenvalue weighted by Crippen LogP contribution is 2.22. The Balaban J connectivity index is 2.20. The first-order valence-corrected chi connectivity index (χ1v) is 8.67. The average Bonchev–Trinajstić information content (AvgIpc) is 2.37. The van der Waals surface area contributed by atoms with Crippen LogP contribution in [0.25, 0.3) is 0 Å². The Morgan fingerprint density at radius 2 is 2.00 bits per heavy atom. The van der Waals surface area contributed by atoms with Crippen molar-refractivity contribution in [1.29, 1.82) is 0 Å². The first-order chi connectivity index (χ1) is 9.71. The van der Waals surface area contributed by atoms with Crippen LogP contribution in [0.3, 0.4) is 0 Å². The van der Waals surface area contributed by atoms with E-state index >= 15 is 0 Å². The fourth-order valence-electron chi connectivity index (χ4n) is 2.12. The van der Waals surface area contributed by atoms with Gasteiger partial charge in [0.2, 0.25) is 0 Å². The number of benzene rings is 1. The van der Waals surface area contributed by atoms with E-state index in [1.165, 1.54) is 0 Å². The lowest BCUT2D eigenvalue weighted by molar-refractivity contribution is 0.0421. The standard InChI is InChI=1S/C13H15ClFNO4S/c1-13(4-6-20-7-5-13)16-12(17)10-3-2-9(8-11(10)15)21(14,18)19/h2-3,8H,4-7H2,1H3,(H,16,17).